The molecule has 0 aromatic carbocycles. The molecule has 1 N–H and O–H groups in total. The Hall–Kier alpha value is -2.09. The van der Waals surface area contributed by atoms with Crippen LogP contribution in [0, 0.1) is 0 Å². The molecule has 0 spiro atoms. The highest BCUT2D eigenvalue weighted by Gasteiger charge is 2.24. The van der Waals surface area contributed by atoms with E-state index >= 15 is 0 Å². The molecule has 1 fully saturated rings. The number of rotatable bonds is 4. The maximum absolute atomic E-state index is 4.45. The van der Waals surface area contributed by atoms with Crippen molar-refractivity contribution < 1.29 is 0 Å². The van der Waals surface area contributed by atoms with E-state index in [1.165, 1.54) is 24.7 Å². The first-order valence-corrected chi connectivity index (χ1v) is 7.50. The fraction of sp³-hybridized carbons (Fsp3) is 0.308. The minimum absolute atomic E-state index is 0.492. The second-order valence-electron chi connectivity index (χ2n) is 5.01. The summed E-state index contributed by atoms with van der Waals surface area (Å²) in [6.07, 6.45) is 7.92. The molecule has 0 atom stereocenters. The molecule has 0 aliphatic heterocycles. The molecular weight excluding hydrogens is 334 g/mol. The van der Waals surface area contributed by atoms with Crippen molar-refractivity contribution in [2.24, 2.45) is 0 Å². The van der Waals surface area contributed by atoms with Gasteiger partial charge in [0.25, 0.3) is 5.78 Å². The first-order valence-electron chi connectivity index (χ1n) is 6.70. The zero-order valence-corrected chi connectivity index (χ0v) is 12.7. The van der Waals surface area contributed by atoms with Crippen molar-refractivity contribution in [2.45, 2.75) is 25.3 Å². The van der Waals surface area contributed by atoms with E-state index in [4.69, 9.17) is 0 Å². The average Bonchev–Trinajstić information content (AvgIpc) is 3.25. The maximum atomic E-state index is 4.45. The molecule has 8 heteroatoms. The Morgan fingerprint density at radius 2 is 2.19 bits per heavy atom. The topological polar surface area (TPSA) is 80.9 Å². The van der Waals surface area contributed by atoms with Crippen molar-refractivity contribution in [1.82, 2.24) is 29.5 Å². The predicted molar refractivity (Wildman–Crippen MR) is 79.8 cm³/mol. The number of nitrogens with one attached hydrogen (secondary N) is 1. The molecule has 7 nitrogen and oxygen atoms in total. The van der Waals surface area contributed by atoms with E-state index in [1.807, 2.05) is 12.4 Å². The third kappa shape index (κ3) is 2.71. The van der Waals surface area contributed by atoms with Gasteiger partial charge in [-0.1, -0.05) is 0 Å². The second-order valence-corrected chi connectivity index (χ2v) is 5.83. The quantitative estimate of drug-likeness (QED) is 0.730. The number of fused-ring (bicyclic) bond motifs is 1. The van der Waals surface area contributed by atoms with E-state index in [2.05, 4.69) is 46.3 Å². The van der Waals surface area contributed by atoms with Crippen LogP contribution in [0.1, 0.15) is 30.1 Å². The summed E-state index contributed by atoms with van der Waals surface area (Å²) in [6.45, 7) is 0.492. The Balaban J connectivity index is 1.53. The second kappa shape index (κ2) is 5.03. The number of hydrogen-bond donors (Lipinski definition) is 1. The van der Waals surface area contributed by atoms with Crippen LogP contribution in [0.4, 0.5) is 5.82 Å². The van der Waals surface area contributed by atoms with Gasteiger partial charge in [-0.05, 0) is 40.3 Å². The van der Waals surface area contributed by atoms with Crippen LogP contribution < -0.4 is 5.32 Å². The summed E-state index contributed by atoms with van der Waals surface area (Å²) < 4.78 is 2.49. The van der Waals surface area contributed by atoms with Crippen molar-refractivity contribution >= 4 is 27.5 Å². The van der Waals surface area contributed by atoms with Crippen LogP contribution in [0.2, 0.25) is 0 Å². The van der Waals surface area contributed by atoms with E-state index in [0.717, 1.165) is 10.4 Å². The van der Waals surface area contributed by atoms with Crippen LogP contribution in [0.25, 0.3) is 5.78 Å². The lowest BCUT2D eigenvalue weighted by atomic mass is 10.2. The van der Waals surface area contributed by atoms with E-state index < -0.39 is 0 Å². The van der Waals surface area contributed by atoms with Crippen molar-refractivity contribution in [3.63, 3.8) is 0 Å². The lowest BCUT2D eigenvalue weighted by Gasteiger charge is -2.01. The van der Waals surface area contributed by atoms with Gasteiger partial charge in [0.1, 0.15) is 16.7 Å². The van der Waals surface area contributed by atoms with Crippen LogP contribution in [0.15, 0.2) is 29.4 Å². The summed E-state index contributed by atoms with van der Waals surface area (Å²) in [4.78, 5) is 16.9. The lowest BCUT2D eigenvalue weighted by molar-refractivity contribution is 0.865. The van der Waals surface area contributed by atoms with Crippen molar-refractivity contribution in [2.75, 3.05) is 5.32 Å². The largest absolute Gasteiger partial charge is 0.363 e. The van der Waals surface area contributed by atoms with Crippen LogP contribution in [0.3, 0.4) is 0 Å². The van der Waals surface area contributed by atoms with Gasteiger partial charge in [-0.25, -0.2) is 19.5 Å². The maximum Gasteiger partial charge on any atom is 0.252 e. The van der Waals surface area contributed by atoms with E-state index in [-0.39, 0.29) is 0 Å². The van der Waals surface area contributed by atoms with Crippen molar-refractivity contribution in [1.29, 1.82) is 0 Å². The summed E-state index contributed by atoms with van der Waals surface area (Å²) in [7, 11) is 0. The summed E-state index contributed by atoms with van der Waals surface area (Å²) >= 11 is 3.31. The molecule has 106 valence electrons. The van der Waals surface area contributed by atoms with E-state index in [0.29, 0.717) is 24.1 Å². The van der Waals surface area contributed by atoms with Gasteiger partial charge in [-0.3, -0.25) is 0 Å². The van der Waals surface area contributed by atoms with Gasteiger partial charge in [-0.2, -0.15) is 4.98 Å². The van der Waals surface area contributed by atoms with Gasteiger partial charge < -0.3 is 5.32 Å². The molecule has 1 aliphatic rings. The fourth-order valence-electron chi connectivity index (χ4n) is 2.14. The SMILES string of the molecule is Brc1cc(NCc2nc3ncc(C4CC4)cn3n2)ncn1. The highest BCUT2D eigenvalue weighted by Crippen LogP contribution is 2.39. The minimum atomic E-state index is 0.492. The number of hydrogen-bond acceptors (Lipinski definition) is 6. The van der Waals surface area contributed by atoms with Crippen LogP contribution in [0.5, 0.6) is 0 Å². The first kappa shape index (κ1) is 12.6. The van der Waals surface area contributed by atoms with Gasteiger partial charge in [0.15, 0.2) is 5.82 Å². The van der Waals surface area contributed by atoms with Crippen molar-refractivity contribution in [3.8, 4) is 0 Å². The van der Waals surface area contributed by atoms with Gasteiger partial charge in [0.2, 0.25) is 0 Å². The molecule has 3 heterocycles. The monoisotopic (exact) mass is 345 g/mol. The van der Waals surface area contributed by atoms with E-state index in [9.17, 15) is 0 Å². The summed E-state index contributed by atoms with van der Waals surface area (Å²) in [5.74, 6) is 2.69. The Bertz CT molecular complexity index is 796. The molecule has 21 heavy (non-hydrogen) atoms. The van der Waals surface area contributed by atoms with Crippen LogP contribution in [-0.4, -0.2) is 29.5 Å². The third-order valence-electron chi connectivity index (χ3n) is 3.37. The zero-order chi connectivity index (χ0) is 14.2. The van der Waals surface area contributed by atoms with Crippen molar-refractivity contribution in [3.05, 3.63) is 40.8 Å². The Labute approximate surface area is 129 Å². The molecule has 3 aromatic heterocycles. The molecule has 3 aromatic rings. The standard InChI is InChI=1S/C13H12BrN7/c14-10-3-11(18-7-17-10)15-5-12-19-13-16-4-9(8-1-2-8)6-21(13)20-12/h3-4,6-8H,1-2,5H2,(H,15,17,18). The Kier molecular flexibility index (Phi) is 3.03. The Morgan fingerprint density at radius 3 is 3.00 bits per heavy atom. The molecule has 0 bridgehead atoms. The lowest BCUT2D eigenvalue weighted by Crippen LogP contribution is -2.03. The van der Waals surface area contributed by atoms with Gasteiger partial charge in [-0.15, -0.1) is 5.10 Å². The number of aromatic nitrogens is 6. The first-order chi connectivity index (χ1) is 10.3. The molecule has 0 amide bonds. The summed E-state index contributed by atoms with van der Waals surface area (Å²) in [6, 6.07) is 1.80. The summed E-state index contributed by atoms with van der Waals surface area (Å²) in [5.41, 5.74) is 1.24. The highest BCUT2D eigenvalue weighted by molar-refractivity contribution is 9.10. The highest BCUT2D eigenvalue weighted by atomic mass is 79.9. The van der Waals surface area contributed by atoms with Crippen LogP contribution in [-0.2, 0) is 6.54 Å². The average molecular weight is 346 g/mol. The molecule has 1 saturated carbocycles. The molecule has 4 rings (SSSR count). The van der Waals surface area contributed by atoms with Crippen LogP contribution >= 0.6 is 15.9 Å². The number of anilines is 1. The molecular formula is C13H12BrN7. The van der Waals surface area contributed by atoms with Gasteiger partial charge >= 0.3 is 0 Å². The van der Waals surface area contributed by atoms with Gasteiger partial charge in [0, 0.05) is 18.5 Å². The molecule has 1 aliphatic carbocycles. The predicted octanol–water partition coefficient (Wildman–Crippen LogP) is 2.17. The zero-order valence-electron chi connectivity index (χ0n) is 11.1. The third-order valence-corrected chi connectivity index (χ3v) is 3.80. The Morgan fingerprint density at radius 1 is 1.29 bits per heavy atom. The number of halogens is 1. The molecule has 0 saturated heterocycles. The normalized spacial score (nSPS) is 14.5. The fourth-order valence-corrected chi connectivity index (χ4v) is 2.45. The molecule has 0 radical (unpaired) electrons. The minimum Gasteiger partial charge on any atom is -0.363 e. The summed E-state index contributed by atoms with van der Waals surface area (Å²) in [5, 5.41) is 7.61. The molecule has 0 unspecified atom stereocenters. The van der Waals surface area contributed by atoms with Gasteiger partial charge in [0.05, 0.1) is 6.54 Å². The smallest absolute Gasteiger partial charge is 0.252 e. The number of nitrogens with zero attached hydrogens (tertiary/aromatic N) is 6. The van der Waals surface area contributed by atoms with E-state index in [1.54, 1.807) is 10.6 Å².